The topological polar surface area (TPSA) is 78.0 Å². The molecule has 7 nitrogen and oxygen atoms in total. The molecular formula is C22H26N6O. The fourth-order valence-corrected chi connectivity index (χ4v) is 3.96. The van der Waals surface area contributed by atoms with Crippen molar-refractivity contribution in [1.82, 2.24) is 24.8 Å². The Hall–Kier alpha value is -3.06. The number of H-pyrrole nitrogens is 1. The van der Waals surface area contributed by atoms with E-state index in [1.54, 1.807) is 12.3 Å². The first-order valence-electron chi connectivity index (χ1n) is 10.00. The molecule has 150 valence electrons. The highest BCUT2D eigenvalue weighted by Gasteiger charge is 2.27. The Bertz CT molecular complexity index is 1020. The number of nitrogens with zero attached hydrogens (tertiary/aromatic N) is 5. The van der Waals surface area contributed by atoms with Crippen LogP contribution in [-0.4, -0.2) is 45.5 Å². The SMILES string of the molecule is CN(C)c1ncccc1CN1CCCCC1c1cc(=O)[nH]c(-c2ccccn2)n1. The summed E-state index contributed by atoms with van der Waals surface area (Å²) < 4.78 is 0. The molecular weight excluding hydrogens is 364 g/mol. The molecule has 0 spiro atoms. The molecule has 3 aromatic heterocycles. The first-order chi connectivity index (χ1) is 14.1. The molecule has 0 aliphatic carbocycles. The maximum absolute atomic E-state index is 12.4. The van der Waals surface area contributed by atoms with Crippen molar-refractivity contribution in [3.8, 4) is 11.5 Å². The highest BCUT2D eigenvalue weighted by molar-refractivity contribution is 5.48. The van der Waals surface area contributed by atoms with Crippen LogP contribution in [0.3, 0.4) is 0 Å². The predicted molar refractivity (Wildman–Crippen MR) is 114 cm³/mol. The number of anilines is 1. The summed E-state index contributed by atoms with van der Waals surface area (Å²) in [5, 5.41) is 0. The summed E-state index contributed by atoms with van der Waals surface area (Å²) in [7, 11) is 4.02. The third-order valence-electron chi connectivity index (χ3n) is 5.29. The Morgan fingerprint density at radius 3 is 2.79 bits per heavy atom. The van der Waals surface area contributed by atoms with Crippen molar-refractivity contribution in [2.24, 2.45) is 0 Å². The Morgan fingerprint density at radius 2 is 2.00 bits per heavy atom. The minimum absolute atomic E-state index is 0.101. The zero-order valence-corrected chi connectivity index (χ0v) is 16.9. The molecule has 0 radical (unpaired) electrons. The molecule has 1 saturated heterocycles. The maximum Gasteiger partial charge on any atom is 0.251 e. The fourth-order valence-electron chi connectivity index (χ4n) is 3.96. The largest absolute Gasteiger partial charge is 0.362 e. The molecule has 1 N–H and O–H groups in total. The second-order valence-corrected chi connectivity index (χ2v) is 7.60. The van der Waals surface area contributed by atoms with Gasteiger partial charge in [0.1, 0.15) is 11.5 Å². The molecule has 7 heteroatoms. The number of nitrogens with one attached hydrogen (secondary N) is 1. The van der Waals surface area contributed by atoms with Gasteiger partial charge < -0.3 is 9.88 Å². The van der Waals surface area contributed by atoms with Crippen molar-refractivity contribution in [3.63, 3.8) is 0 Å². The van der Waals surface area contributed by atoms with Gasteiger partial charge in [-0.25, -0.2) is 9.97 Å². The van der Waals surface area contributed by atoms with Crippen molar-refractivity contribution in [2.45, 2.75) is 31.8 Å². The van der Waals surface area contributed by atoms with Gasteiger partial charge in [-0.05, 0) is 37.6 Å². The number of rotatable bonds is 5. The van der Waals surface area contributed by atoms with E-state index in [2.05, 4.69) is 25.9 Å². The van der Waals surface area contributed by atoms with E-state index in [-0.39, 0.29) is 11.6 Å². The van der Waals surface area contributed by atoms with Crippen LogP contribution >= 0.6 is 0 Å². The first kappa shape index (κ1) is 19.3. The third kappa shape index (κ3) is 4.35. The standard InChI is InChI=1S/C22H26N6O/c1-27(2)22-16(8-7-12-24-22)15-28-13-6-4-10-19(28)18-14-20(29)26-21(25-18)17-9-3-5-11-23-17/h3,5,7-9,11-12,14,19H,4,6,10,13,15H2,1-2H3,(H,25,26,29). The Balaban J connectivity index is 1.67. The van der Waals surface area contributed by atoms with Gasteiger partial charge in [0, 0.05) is 44.7 Å². The van der Waals surface area contributed by atoms with Crippen molar-refractivity contribution >= 4 is 5.82 Å². The molecule has 1 unspecified atom stereocenters. The van der Waals surface area contributed by atoms with E-state index in [9.17, 15) is 4.79 Å². The Morgan fingerprint density at radius 1 is 1.14 bits per heavy atom. The van der Waals surface area contributed by atoms with E-state index in [1.165, 1.54) is 5.56 Å². The second-order valence-electron chi connectivity index (χ2n) is 7.60. The average Bonchev–Trinajstić information content (AvgIpc) is 2.74. The van der Waals surface area contributed by atoms with Gasteiger partial charge in [-0.15, -0.1) is 0 Å². The molecule has 1 atom stereocenters. The molecule has 0 bridgehead atoms. The van der Waals surface area contributed by atoms with E-state index in [0.29, 0.717) is 11.5 Å². The normalized spacial score (nSPS) is 17.2. The first-order valence-corrected chi connectivity index (χ1v) is 10.00. The number of likely N-dealkylation sites (tertiary alicyclic amines) is 1. The van der Waals surface area contributed by atoms with Crippen molar-refractivity contribution in [1.29, 1.82) is 0 Å². The minimum Gasteiger partial charge on any atom is -0.362 e. The van der Waals surface area contributed by atoms with E-state index >= 15 is 0 Å². The molecule has 29 heavy (non-hydrogen) atoms. The van der Waals surface area contributed by atoms with Crippen LogP contribution in [0, 0.1) is 0 Å². The lowest BCUT2D eigenvalue weighted by Crippen LogP contribution is -2.34. The highest BCUT2D eigenvalue weighted by Crippen LogP contribution is 2.32. The summed E-state index contributed by atoms with van der Waals surface area (Å²) in [6.07, 6.45) is 6.78. The van der Waals surface area contributed by atoms with Crippen LogP contribution in [0.5, 0.6) is 0 Å². The van der Waals surface area contributed by atoms with Gasteiger partial charge in [-0.2, -0.15) is 0 Å². The monoisotopic (exact) mass is 390 g/mol. The molecule has 1 aliphatic heterocycles. The van der Waals surface area contributed by atoms with Crippen LogP contribution in [0.2, 0.25) is 0 Å². The van der Waals surface area contributed by atoms with E-state index in [4.69, 9.17) is 4.98 Å². The summed E-state index contributed by atoms with van der Waals surface area (Å²) >= 11 is 0. The van der Waals surface area contributed by atoms with E-state index in [1.807, 2.05) is 49.5 Å². The molecule has 1 aliphatic rings. The van der Waals surface area contributed by atoms with Crippen LogP contribution in [0.4, 0.5) is 5.82 Å². The smallest absolute Gasteiger partial charge is 0.251 e. The van der Waals surface area contributed by atoms with Crippen molar-refractivity contribution in [2.75, 3.05) is 25.5 Å². The van der Waals surface area contributed by atoms with Gasteiger partial charge in [0.2, 0.25) is 0 Å². The molecule has 1 fully saturated rings. The number of aromatic nitrogens is 4. The minimum atomic E-state index is -0.142. The summed E-state index contributed by atoms with van der Waals surface area (Å²) in [5.41, 5.74) is 2.52. The average molecular weight is 390 g/mol. The predicted octanol–water partition coefficient (Wildman–Crippen LogP) is 3.02. The fraction of sp³-hybridized carbons (Fsp3) is 0.364. The number of piperidine rings is 1. The quantitative estimate of drug-likeness (QED) is 0.722. The van der Waals surface area contributed by atoms with Crippen molar-refractivity contribution < 1.29 is 0 Å². The van der Waals surface area contributed by atoms with E-state index < -0.39 is 0 Å². The molecule has 4 rings (SSSR count). The molecule has 0 saturated carbocycles. The summed E-state index contributed by atoms with van der Waals surface area (Å²) in [6, 6.07) is 11.4. The molecule has 3 aromatic rings. The zero-order valence-electron chi connectivity index (χ0n) is 16.9. The Kier molecular flexibility index (Phi) is 5.67. The van der Waals surface area contributed by atoms with Crippen LogP contribution in [-0.2, 0) is 6.54 Å². The van der Waals surface area contributed by atoms with Gasteiger partial charge in [0.15, 0.2) is 5.82 Å². The van der Waals surface area contributed by atoms with Crippen molar-refractivity contribution in [3.05, 3.63) is 70.4 Å². The van der Waals surface area contributed by atoms with E-state index in [0.717, 1.165) is 43.9 Å². The van der Waals surface area contributed by atoms with Gasteiger partial charge in [-0.3, -0.25) is 14.7 Å². The lowest BCUT2D eigenvalue weighted by Gasteiger charge is -2.36. The summed E-state index contributed by atoms with van der Waals surface area (Å²) in [6.45, 7) is 1.75. The summed E-state index contributed by atoms with van der Waals surface area (Å²) in [4.78, 5) is 33.3. The number of hydrogen-bond acceptors (Lipinski definition) is 6. The van der Waals surface area contributed by atoms with Gasteiger partial charge >= 0.3 is 0 Å². The lowest BCUT2D eigenvalue weighted by molar-refractivity contribution is 0.137. The summed E-state index contributed by atoms with van der Waals surface area (Å²) in [5.74, 6) is 1.50. The van der Waals surface area contributed by atoms with Crippen LogP contribution in [0.15, 0.2) is 53.6 Å². The maximum atomic E-state index is 12.4. The highest BCUT2D eigenvalue weighted by atomic mass is 16.1. The number of hydrogen-bond donors (Lipinski definition) is 1. The Labute approximate surface area is 170 Å². The third-order valence-corrected chi connectivity index (χ3v) is 5.29. The molecule has 0 aromatic carbocycles. The lowest BCUT2D eigenvalue weighted by atomic mass is 9.98. The zero-order chi connectivity index (χ0) is 20.2. The second kappa shape index (κ2) is 8.53. The van der Waals surface area contributed by atoms with Gasteiger partial charge in [0.05, 0.1) is 11.7 Å². The van der Waals surface area contributed by atoms with Crippen LogP contribution in [0.25, 0.3) is 11.5 Å². The number of aromatic amines is 1. The van der Waals surface area contributed by atoms with Gasteiger partial charge in [0.25, 0.3) is 5.56 Å². The van der Waals surface area contributed by atoms with Crippen LogP contribution in [0.1, 0.15) is 36.6 Å². The molecule has 4 heterocycles. The van der Waals surface area contributed by atoms with Crippen LogP contribution < -0.4 is 10.5 Å². The molecule has 0 amide bonds. The van der Waals surface area contributed by atoms with Gasteiger partial charge in [-0.1, -0.05) is 18.6 Å². The number of pyridine rings is 2.